The van der Waals surface area contributed by atoms with Gasteiger partial charge in [-0.3, -0.25) is 20.4 Å². The van der Waals surface area contributed by atoms with E-state index in [1.165, 1.54) is 51.7 Å². The third-order valence-electron chi connectivity index (χ3n) is 3.41. The van der Waals surface area contributed by atoms with Crippen LogP contribution in [0, 0.1) is 5.82 Å². The van der Waals surface area contributed by atoms with Crippen LogP contribution >= 0.6 is 0 Å². The van der Waals surface area contributed by atoms with E-state index in [9.17, 15) is 14.0 Å². The van der Waals surface area contributed by atoms with Crippen LogP contribution in [0.4, 0.5) is 4.39 Å². The first-order valence-corrected chi connectivity index (χ1v) is 7.76. The van der Waals surface area contributed by atoms with Gasteiger partial charge in [-0.25, -0.2) is 4.39 Å². The van der Waals surface area contributed by atoms with Crippen LogP contribution < -0.4 is 29.8 Å². The zero-order valence-electron chi connectivity index (χ0n) is 15.0. The third-order valence-corrected chi connectivity index (χ3v) is 3.41. The van der Waals surface area contributed by atoms with Crippen molar-refractivity contribution in [3.63, 3.8) is 0 Å². The Morgan fingerprint density at radius 2 is 1.63 bits per heavy atom. The van der Waals surface area contributed by atoms with E-state index in [2.05, 4.69) is 10.9 Å². The van der Waals surface area contributed by atoms with Crippen LogP contribution in [0.3, 0.4) is 0 Å². The van der Waals surface area contributed by atoms with Crippen molar-refractivity contribution in [1.82, 2.24) is 10.9 Å². The van der Waals surface area contributed by atoms with E-state index in [0.717, 1.165) is 6.07 Å². The number of amides is 2. The van der Waals surface area contributed by atoms with Gasteiger partial charge in [-0.2, -0.15) is 0 Å². The first-order valence-electron chi connectivity index (χ1n) is 7.76. The highest BCUT2D eigenvalue weighted by Gasteiger charge is 2.17. The zero-order chi connectivity index (χ0) is 19.8. The number of hydrogen-bond acceptors (Lipinski definition) is 6. The van der Waals surface area contributed by atoms with Crippen molar-refractivity contribution in [2.75, 3.05) is 27.9 Å². The van der Waals surface area contributed by atoms with Gasteiger partial charge in [0, 0.05) is 11.6 Å². The van der Waals surface area contributed by atoms with Crippen molar-refractivity contribution >= 4 is 11.8 Å². The molecule has 0 fully saturated rings. The number of methoxy groups -OCH3 is 3. The van der Waals surface area contributed by atoms with Crippen LogP contribution in [0.5, 0.6) is 23.0 Å². The van der Waals surface area contributed by atoms with Crippen molar-refractivity contribution in [3.8, 4) is 23.0 Å². The largest absolute Gasteiger partial charge is 0.493 e. The van der Waals surface area contributed by atoms with Gasteiger partial charge < -0.3 is 18.9 Å². The Kier molecular flexibility index (Phi) is 6.81. The molecule has 0 spiro atoms. The number of hydrogen-bond donors (Lipinski definition) is 2. The molecule has 2 aromatic carbocycles. The van der Waals surface area contributed by atoms with Crippen LogP contribution in [0.25, 0.3) is 0 Å². The molecule has 0 unspecified atom stereocenters. The lowest BCUT2D eigenvalue weighted by atomic mass is 10.1. The van der Waals surface area contributed by atoms with Gasteiger partial charge in [0.15, 0.2) is 18.1 Å². The number of nitrogens with one attached hydrogen (secondary N) is 2. The number of halogens is 1. The van der Waals surface area contributed by atoms with Gasteiger partial charge in [0.05, 0.1) is 21.3 Å². The molecule has 0 aliphatic heterocycles. The molecular formula is C18H19FN2O6. The number of carbonyl (C=O) groups is 2. The summed E-state index contributed by atoms with van der Waals surface area (Å²) in [5.74, 6) is -0.590. The summed E-state index contributed by atoms with van der Waals surface area (Å²) in [6.07, 6.45) is 0. The molecule has 9 heteroatoms. The molecule has 0 atom stereocenters. The van der Waals surface area contributed by atoms with Crippen molar-refractivity contribution < 1.29 is 32.9 Å². The van der Waals surface area contributed by atoms with E-state index in [1.54, 1.807) is 0 Å². The summed E-state index contributed by atoms with van der Waals surface area (Å²) in [6, 6.07) is 8.23. The molecule has 0 saturated heterocycles. The number of carbonyl (C=O) groups excluding carboxylic acids is 2. The van der Waals surface area contributed by atoms with Gasteiger partial charge in [-0.1, -0.05) is 6.07 Å². The van der Waals surface area contributed by atoms with Gasteiger partial charge in [0.25, 0.3) is 11.8 Å². The van der Waals surface area contributed by atoms with Crippen LogP contribution in [-0.4, -0.2) is 39.8 Å². The Balaban J connectivity index is 1.95. The molecule has 8 nitrogen and oxygen atoms in total. The summed E-state index contributed by atoms with van der Waals surface area (Å²) in [7, 11) is 4.29. The van der Waals surface area contributed by atoms with Gasteiger partial charge in [-0.15, -0.1) is 0 Å². The van der Waals surface area contributed by atoms with Crippen molar-refractivity contribution in [3.05, 3.63) is 47.8 Å². The summed E-state index contributed by atoms with van der Waals surface area (Å²) < 4.78 is 33.7. The average molecular weight is 378 g/mol. The van der Waals surface area contributed by atoms with E-state index >= 15 is 0 Å². The molecule has 0 radical (unpaired) electrons. The first kappa shape index (κ1) is 19.8. The van der Waals surface area contributed by atoms with Gasteiger partial charge >= 0.3 is 0 Å². The zero-order valence-corrected chi connectivity index (χ0v) is 15.0. The second kappa shape index (κ2) is 9.27. The molecule has 2 aromatic rings. The molecule has 2 amide bonds. The monoisotopic (exact) mass is 378 g/mol. The fraction of sp³-hybridized carbons (Fsp3) is 0.222. The molecule has 0 aromatic heterocycles. The Morgan fingerprint density at radius 3 is 2.19 bits per heavy atom. The maximum atomic E-state index is 13.0. The highest BCUT2D eigenvalue weighted by Crippen LogP contribution is 2.38. The third kappa shape index (κ3) is 5.24. The Morgan fingerprint density at radius 1 is 0.963 bits per heavy atom. The van der Waals surface area contributed by atoms with Crippen LogP contribution in [0.2, 0.25) is 0 Å². The average Bonchev–Trinajstić information content (AvgIpc) is 2.69. The number of benzene rings is 2. The second-order valence-corrected chi connectivity index (χ2v) is 5.16. The molecule has 2 rings (SSSR count). The first-order chi connectivity index (χ1) is 13.0. The smallest absolute Gasteiger partial charge is 0.276 e. The van der Waals surface area contributed by atoms with Crippen LogP contribution in [0.1, 0.15) is 10.4 Å². The predicted molar refractivity (Wildman–Crippen MR) is 93.6 cm³/mol. The molecular weight excluding hydrogens is 359 g/mol. The lowest BCUT2D eigenvalue weighted by molar-refractivity contribution is -0.123. The molecule has 0 saturated carbocycles. The van der Waals surface area contributed by atoms with Crippen LogP contribution in [0.15, 0.2) is 36.4 Å². The Bertz CT molecular complexity index is 802. The summed E-state index contributed by atoms with van der Waals surface area (Å²) in [4.78, 5) is 24.0. The maximum absolute atomic E-state index is 13.0. The molecule has 27 heavy (non-hydrogen) atoms. The minimum absolute atomic E-state index is 0.177. The highest BCUT2D eigenvalue weighted by atomic mass is 19.1. The van der Waals surface area contributed by atoms with E-state index in [-0.39, 0.29) is 11.3 Å². The lowest BCUT2D eigenvalue weighted by Crippen LogP contribution is -2.43. The highest BCUT2D eigenvalue weighted by molar-refractivity contribution is 5.96. The summed E-state index contributed by atoms with van der Waals surface area (Å²) >= 11 is 0. The van der Waals surface area contributed by atoms with Crippen molar-refractivity contribution in [2.24, 2.45) is 0 Å². The van der Waals surface area contributed by atoms with E-state index in [1.807, 2.05) is 0 Å². The number of ether oxygens (including phenoxy) is 4. The second-order valence-electron chi connectivity index (χ2n) is 5.16. The summed E-state index contributed by atoms with van der Waals surface area (Å²) in [5, 5.41) is 0. The summed E-state index contributed by atoms with van der Waals surface area (Å²) in [5.41, 5.74) is 4.62. The molecule has 0 bridgehead atoms. The quantitative estimate of drug-likeness (QED) is 0.712. The van der Waals surface area contributed by atoms with Crippen molar-refractivity contribution in [2.45, 2.75) is 0 Å². The fourth-order valence-electron chi connectivity index (χ4n) is 2.15. The number of hydrazine groups is 1. The standard InChI is InChI=1S/C18H19FN2O6/c1-24-14-7-11(8-15(25-2)17(14)26-3)18(23)21-20-16(22)10-27-13-6-4-5-12(19)9-13/h4-9H,10H2,1-3H3,(H,20,22)(H,21,23). The van der Waals surface area contributed by atoms with E-state index < -0.39 is 24.2 Å². The maximum Gasteiger partial charge on any atom is 0.276 e. The molecule has 2 N–H and O–H groups in total. The Hall–Kier alpha value is -3.49. The predicted octanol–water partition coefficient (Wildman–Crippen LogP) is 1.69. The Labute approximate surface area is 155 Å². The van der Waals surface area contributed by atoms with Crippen LogP contribution in [-0.2, 0) is 4.79 Å². The molecule has 0 heterocycles. The van der Waals surface area contributed by atoms with Gasteiger partial charge in [-0.05, 0) is 24.3 Å². The summed E-state index contributed by atoms with van der Waals surface area (Å²) in [6.45, 7) is -0.404. The van der Waals surface area contributed by atoms with Crippen molar-refractivity contribution in [1.29, 1.82) is 0 Å². The molecule has 144 valence electrons. The minimum atomic E-state index is -0.625. The normalized spacial score (nSPS) is 9.93. The molecule has 0 aliphatic carbocycles. The number of rotatable bonds is 7. The lowest BCUT2D eigenvalue weighted by Gasteiger charge is -2.14. The topological polar surface area (TPSA) is 95.1 Å². The van der Waals surface area contributed by atoms with E-state index in [4.69, 9.17) is 18.9 Å². The van der Waals surface area contributed by atoms with E-state index in [0.29, 0.717) is 17.2 Å². The SMILES string of the molecule is COc1cc(C(=O)NNC(=O)COc2cccc(F)c2)cc(OC)c1OC. The van der Waals surface area contributed by atoms with Gasteiger partial charge in [0.2, 0.25) is 5.75 Å². The minimum Gasteiger partial charge on any atom is -0.493 e. The fourth-order valence-corrected chi connectivity index (χ4v) is 2.15. The van der Waals surface area contributed by atoms with Gasteiger partial charge in [0.1, 0.15) is 11.6 Å². The molecule has 0 aliphatic rings.